The van der Waals surface area contributed by atoms with Crippen molar-refractivity contribution < 1.29 is 0 Å². The molecule has 4 heteroatoms. The zero-order chi connectivity index (χ0) is 12.5. The molecule has 0 saturated carbocycles. The van der Waals surface area contributed by atoms with Gasteiger partial charge in [-0.25, -0.2) is 0 Å². The standard InChI is InChI=1S/C13H27N3S/c1-11(2)15-4-6-16(7-5-15)13(9-14)8-12(3)17-10-13/h11-12H,4-10,14H2,1-3H3. The van der Waals surface area contributed by atoms with E-state index in [4.69, 9.17) is 5.73 Å². The van der Waals surface area contributed by atoms with Gasteiger partial charge in [0.25, 0.3) is 0 Å². The van der Waals surface area contributed by atoms with Crippen LogP contribution in [0.25, 0.3) is 0 Å². The highest BCUT2D eigenvalue weighted by Gasteiger charge is 2.42. The first kappa shape index (κ1) is 13.7. The van der Waals surface area contributed by atoms with Gasteiger partial charge in [-0.15, -0.1) is 0 Å². The van der Waals surface area contributed by atoms with Crippen molar-refractivity contribution in [1.29, 1.82) is 0 Å². The highest BCUT2D eigenvalue weighted by atomic mass is 32.2. The van der Waals surface area contributed by atoms with E-state index in [9.17, 15) is 0 Å². The Morgan fingerprint density at radius 1 is 1.29 bits per heavy atom. The van der Waals surface area contributed by atoms with Gasteiger partial charge in [0, 0.05) is 55.3 Å². The molecule has 2 aliphatic heterocycles. The molecule has 0 aromatic carbocycles. The fraction of sp³-hybridized carbons (Fsp3) is 1.00. The molecule has 2 aliphatic rings. The Hall–Kier alpha value is 0.230. The highest BCUT2D eigenvalue weighted by molar-refractivity contribution is 8.00. The van der Waals surface area contributed by atoms with Crippen molar-refractivity contribution >= 4 is 11.8 Å². The van der Waals surface area contributed by atoms with Gasteiger partial charge in [-0.3, -0.25) is 9.80 Å². The van der Waals surface area contributed by atoms with Gasteiger partial charge in [-0.05, 0) is 20.3 Å². The van der Waals surface area contributed by atoms with E-state index in [0.717, 1.165) is 11.8 Å². The molecule has 0 amide bonds. The number of nitrogens with zero attached hydrogens (tertiary/aromatic N) is 2. The van der Waals surface area contributed by atoms with Crippen LogP contribution in [0.4, 0.5) is 0 Å². The van der Waals surface area contributed by atoms with Crippen LogP contribution in [0.2, 0.25) is 0 Å². The van der Waals surface area contributed by atoms with Gasteiger partial charge in [0.05, 0.1) is 0 Å². The summed E-state index contributed by atoms with van der Waals surface area (Å²) in [6, 6.07) is 0.683. The van der Waals surface area contributed by atoms with Gasteiger partial charge in [-0.1, -0.05) is 6.92 Å². The quantitative estimate of drug-likeness (QED) is 0.824. The van der Waals surface area contributed by atoms with E-state index in [0.29, 0.717) is 11.6 Å². The van der Waals surface area contributed by atoms with Gasteiger partial charge in [0.2, 0.25) is 0 Å². The zero-order valence-electron chi connectivity index (χ0n) is 11.5. The van der Waals surface area contributed by atoms with Crippen molar-refractivity contribution in [2.24, 2.45) is 5.73 Å². The third-order valence-corrected chi connectivity index (χ3v) is 5.84. The van der Waals surface area contributed by atoms with Crippen LogP contribution in [0, 0.1) is 0 Å². The SMILES string of the molecule is CC1CC(CN)(N2CCN(C(C)C)CC2)CS1. The van der Waals surface area contributed by atoms with Gasteiger partial charge >= 0.3 is 0 Å². The maximum atomic E-state index is 6.09. The fourth-order valence-electron chi connectivity index (χ4n) is 3.15. The minimum Gasteiger partial charge on any atom is -0.329 e. The first-order valence-electron chi connectivity index (χ1n) is 6.88. The molecule has 2 rings (SSSR count). The fourth-order valence-corrected chi connectivity index (χ4v) is 4.60. The van der Waals surface area contributed by atoms with Crippen LogP contribution in [-0.4, -0.2) is 65.1 Å². The molecule has 0 aromatic rings. The topological polar surface area (TPSA) is 32.5 Å². The largest absolute Gasteiger partial charge is 0.329 e. The Balaban J connectivity index is 1.95. The minimum atomic E-state index is 0.299. The van der Waals surface area contributed by atoms with Crippen molar-refractivity contribution in [3.05, 3.63) is 0 Å². The van der Waals surface area contributed by atoms with Crippen molar-refractivity contribution in [2.45, 2.75) is 44.0 Å². The second kappa shape index (κ2) is 5.47. The third-order valence-electron chi connectivity index (χ3n) is 4.40. The Kier molecular flexibility index (Phi) is 4.40. The summed E-state index contributed by atoms with van der Waals surface area (Å²) in [5.74, 6) is 1.23. The van der Waals surface area contributed by atoms with Crippen LogP contribution in [-0.2, 0) is 0 Å². The van der Waals surface area contributed by atoms with E-state index < -0.39 is 0 Å². The molecule has 2 unspecified atom stereocenters. The monoisotopic (exact) mass is 257 g/mol. The van der Waals surface area contributed by atoms with Crippen LogP contribution >= 0.6 is 11.8 Å². The molecule has 0 bridgehead atoms. The summed E-state index contributed by atoms with van der Waals surface area (Å²) < 4.78 is 0. The summed E-state index contributed by atoms with van der Waals surface area (Å²) in [7, 11) is 0. The molecule has 2 N–H and O–H groups in total. The van der Waals surface area contributed by atoms with Crippen LogP contribution < -0.4 is 5.73 Å². The smallest absolute Gasteiger partial charge is 0.0433 e. The summed E-state index contributed by atoms with van der Waals surface area (Å²) in [6.07, 6.45) is 1.27. The molecular formula is C13H27N3S. The highest BCUT2D eigenvalue weighted by Crippen LogP contribution is 2.38. The van der Waals surface area contributed by atoms with Crippen LogP contribution in [0.1, 0.15) is 27.2 Å². The molecule has 0 aromatic heterocycles. The average molecular weight is 257 g/mol. The third kappa shape index (κ3) is 2.80. The number of hydrogen-bond acceptors (Lipinski definition) is 4. The number of piperazine rings is 1. The number of nitrogens with two attached hydrogens (primary N) is 1. The van der Waals surface area contributed by atoms with E-state index in [2.05, 4.69) is 42.3 Å². The first-order chi connectivity index (χ1) is 8.07. The maximum absolute atomic E-state index is 6.09. The van der Waals surface area contributed by atoms with E-state index in [1.807, 2.05) is 0 Å². The molecule has 2 heterocycles. The van der Waals surface area contributed by atoms with Crippen LogP contribution in [0.3, 0.4) is 0 Å². The first-order valence-corrected chi connectivity index (χ1v) is 7.93. The Labute approximate surface area is 110 Å². The Morgan fingerprint density at radius 2 is 1.94 bits per heavy atom. The zero-order valence-corrected chi connectivity index (χ0v) is 12.3. The Bertz CT molecular complexity index is 251. The Morgan fingerprint density at radius 3 is 2.35 bits per heavy atom. The summed E-state index contributed by atoms with van der Waals surface area (Å²) in [6.45, 7) is 12.6. The van der Waals surface area contributed by atoms with Crippen molar-refractivity contribution in [2.75, 3.05) is 38.5 Å². The van der Waals surface area contributed by atoms with Gasteiger partial charge in [0.15, 0.2) is 0 Å². The molecule has 0 spiro atoms. The van der Waals surface area contributed by atoms with E-state index in [-0.39, 0.29) is 0 Å². The van der Waals surface area contributed by atoms with E-state index in [1.165, 1.54) is 38.4 Å². The lowest BCUT2D eigenvalue weighted by Crippen LogP contribution is -2.61. The summed E-state index contributed by atoms with van der Waals surface area (Å²) in [5.41, 5.74) is 6.39. The van der Waals surface area contributed by atoms with E-state index in [1.54, 1.807) is 0 Å². The molecule has 3 nitrogen and oxygen atoms in total. The molecule has 2 fully saturated rings. The lowest BCUT2D eigenvalue weighted by atomic mass is 9.93. The van der Waals surface area contributed by atoms with Crippen LogP contribution in [0.15, 0.2) is 0 Å². The van der Waals surface area contributed by atoms with Crippen LogP contribution in [0.5, 0.6) is 0 Å². The van der Waals surface area contributed by atoms with E-state index >= 15 is 0 Å². The molecule has 100 valence electrons. The molecule has 17 heavy (non-hydrogen) atoms. The minimum absolute atomic E-state index is 0.299. The van der Waals surface area contributed by atoms with Gasteiger partial charge < -0.3 is 5.73 Å². The van der Waals surface area contributed by atoms with Gasteiger partial charge in [0.1, 0.15) is 0 Å². The van der Waals surface area contributed by atoms with Crippen molar-refractivity contribution in [3.8, 4) is 0 Å². The summed E-state index contributed by atoms with van der Waals surface area (Å²) in [4.78, 5) is 5.24. The lowest BCUT2D eigenvalue weighted by molar-refractivity contribution is 0.0370. The second-order valence-corrected chi connectivity index (χ2v) is 7.30. The lowest BCUT2D eigenvalue weighted by Gasteiger charge is -2.46. The maximum Gasteiger partial charge on any atom is 0.0433 e. The number of hydrogen-bond donors (Lipinski definition) is 1. The van der Waals surface area contributed by atoms with Crippen molar-refractivity contribution in [1.82, 2.24) is 9.80 Å². The summed E-state index contributed by atoms with van der Waals surface area (Å²) in [5, 5.41) is 0.779. The average Bonchev–Trinajstić information content (AvgIpc) is 2.72. The predicted molar refractivity (Wildman–Crippen MR) is 76.6 cm³/mol. The molecular weight excluding hydrogens is 230 g/mol. The summed E-state index contributed by atoms with van der Waals surface area (Å²) >= 11 is 2.09. The molecule has 2 saturated heterocycles. The molecule has 2 atom stereocenters. The normalized spacial score (nSPS) is 36.9. The number of thioether (sulfide) groups is 1. The molecule has 0 radical (unpaired) electrons. The predicted octanol–water partition coefficient (Wildman–Crippen LogP) is 1.24. The second-order valence-electron chi connectivity index (χ2n) is 5.87. The van der Waals surface area contributed by atoms with Crippen molar-refractivity contribution in [3.63, 3.8) is 0 Å². The number of rotatable bonds is 3. The van der Waals surface area contributed by atoms with Gasteiger partial charge in [-0.2, -0.15) is 11.8 Å². The molecule has 0 aliphatic carbocycles.